The number of anilines is 1. The third kappa shape index (κ3) is 4.00. The molecule has 1 aromatic carbocycles. The summed E-state index contributed by atoms with van der Waals surface area (Å²) in [5.41, 5.74) is 1.01. The van der Waals surface area contributed by atoms with Gasteiger partial charge in [0.2, 0.25) is 5.13 Å². The molecule has 8 heteroatoms. The van der Waals surface area contributed by atoms with Crippen molar-refractivity contribution in [2.24, 2.45) is 0 Å². The van der Waals surface area contributed by atoms with Crippen LogP contribution < -0.4 is 29.3 Å². The van der Waals surface area contributed by atoms with Crippen molar-refractivity contribution < 1.29 is 28.8 Å². The number of carbonyl (C=O) groups excluding carboxylic acids is 1. The molecule has 1 N–H and O–H groups in total. The standard InChI is InChI=1S/C10H8ClN3O2S.Li/c11-7-3-1-6(2-4-7)5-12-10-14-13-8(17-10)9(15)16;/h1-4H,5H2,(H,12,14)(H,15,16);/q;+1/p-1. The fraction of sp³-hybridized carbons (Fsp3) is 0.100. The normalized spacial score (nSPS) is 9.61. The molecule has 0 aliphatic carbocycles. The Bertz CT molecular complexity index is 532. The van der Waals surface area contributed by atoms with Gasteiger partial charge < -0.3 is 15.2 Å². The Morgan fingerprint density at radius 3 is 2.56 bits per heavy atom. The van der Waals surface area contributed by atoms with Gasteiger partial charge in [0.05, 0.1) is 0 Å². The van der Waals surface area contributed by atoms with Crippen molar-refractivity contribution in [2.45, 2.75) is 6.54 Å². The molecule has 0 aliphatic rings. The van der Waals surface area contributed by atoms with E-state index in [4.69, 9.17) is 11.6 Å². The summed E-state index contributed by atoms with van der Waals surface area (Å²) >= 11 is 6.70. The van der Waals surface area contributed by atoms with Gasteiger partial charge in [0.15, 0.2) is 5.01 Å². The monoisotopic (exact) mass is 275 g/mol. The molecule has 0 spiro atoms. The van der Waals surface area contributed by atoms with Gasteiger partial charge >= 0.3 is 18.9 Å². The van der Waals surface area contributed by atoms with Crippen molar-refractivity contribution in [3.05, 3.63) is 39.9 Å². The van der Waals surface area contributed by atoms with Crippen molar-refractivity contribution in [1.82, 2.24) is 10.2 Å². The van der Waals surface area contributed by atoms with Crippen LogP contribution in [-0.2, 0) is 6.54 Å². The number of hydrogen-bond donors (Lipinski definition) is 1. The van der Waals surface area contributed by atoms with Crippen LogP contribution in [0.1, 0.15) is 15.4 Å². The van der Waals surface area contributed by atoms with E-state index in [2.05, 4.69) is 15.5 Å². The number of carboxylic acid groups (broad SMARTS) is 1. The van der Waals surface area contributed by atoms with Crippen LogP contribution in [0.5, 0.6) is 0 Å². The summed E-state index contributed by atoms with van der Waals surface area (Å²) in [5, 5.41) is 21.6. The van der Waals surface area contributed by atoms with Crippen LogP contribution in [0, 0.1) is 0 Å². The molecule has 2 aromatic rings. The number of nitrogens with zero attached hydrogens (tertiary/aromatic N) is 2. The van der Waals surface area contributed by atoms with E-state index in [1.165, 1.54) is 0 Å². The van der Waals surface area contributed by atoms with Crippen LogP contribution >= 0.6 is 22.9 Å². The van der Waals surface area contributed by atoms with Gasteiger partial charge in [0.1, 0.15) is 5.97 Å². The van der Waals surface area contributed by atoms with E-state index < -0.39 is 5.97 Å². The van der Waals surface area contributed by atoms with Crippen molar-refractivity contribution in [3.63, 3.8) is 0 Å². The van der Waals surface area contributed by atoms with E-state index in [9.17, 15) is 9.90 Å². The molecule has 1 aromatic heterocycles. The maximum absolute atomic E-state index is 10.5. The van der Waals surface area contributed by atoms with Gasteiger partial charge in [0.25, 0.3) is 0 Å². The van der Waals surface area contributed by atoms with Gasteiger partial charge in [-0.25, -0.2) is 0 Å². The summed E-state index contributed by atoms with van der Waals surface area (Å²) in [6.07, 6.45) is 0. The zero-order valence-corrected chi connectivity index (χ0v) is 11.1. The van der Waals surface area contributed by atoms with Crippen molar-refractivity contribution in [3.8, 4) is 0 Å². The maximum Gasteiger partial charge on any atom is 1.00 e. The number of halogens is 1. The molecule has 0 saturated heterocycles. The minimum atomic E-state index is -1.32. The van der Waals surface area contributed by atoms with Gasteiger partial charge in [-0.05, 0) is 17.7 Å². The van der Waals surface area contributed by atoms with Crippen LogP contribution in [0.25, 0.3) is 0 Å². The molecule has 5 nitrogen and oxygen atoms in total. The third-order valence-electron chi connectivity index (χ3n) is 1.96. The number of nitrogens with one attached hydrogen (secondary N) is 1. The Morgan fingerprint density at radius 2 is 2.00 bits per heavy atom. The first kappa shape index (κ1) is 15.0. The first-order valence-corrected chi connectivity index (χ1v) is 5.88. The summed E-state index contributed by atoms with van der Waals surface area (Å²) in [5.74, 6) is -1.32. The van der Waals surface area contributed by atoms with E-state index in [0.29, 0.717) is 16.7 Å². The minimum absolute atomic E-state index is 0. The first-order valence-electron chi connectivity index (χ1n) is 4.68. The number of aromatic nitrogens is 2. The minimum Gasteiger partial charge on any atom is -0.542 e. The molecule has 0 amide bonds. The van der Waals surface area contributed by atoms with E-state index >= 15 is 0 Å². The maximum atomic E-state index is 10.5. The largest absolute Gasteiger partial charge is 1.00 e. The zero-order chi connectivity index (χ0) is 12.3. The molecular formula is C10H7ClLiN3O2S. The zero-order valence-electron chi connectivity index (χ0n) is 9.51. The quantitative estimate of drug-likeness (QED) is 0.664. The average molecular weight is 276 g/mol. The molecule has 0 bridgehead atoms. The topological polar surface area (TPSA) is 77.9 Å². The van der Waals surface area contributed by atoms with E-state index in [-0.39, 0.29) is 23.9 Å². The van der Waals surface area contributed by atoms with Crippen LogP contribution in [0.3, 0.4) is 0 Å². The Labute approximate surface area is 124 Å². The Kier molecular flexibility index (Phi) is 5.63. The Morgan fingerprint density at radius 1 is 1.33 bits per heavy atom. The molecule has 2 rings (SSSR count). The van der Waals surface area contributed by atoms with Crippen molar-refractivity contribution in [2.75, 3.05) is 5.32 Å². The second-order valence-electron chi connectivity index (χ2n) is 3.18. The molecule has 88 valence electrons. The summed E-state index contributed by atoms with van der Waals surface area (Å²) in [4.78, 5) is 10.5. The van der Waals surface area contributed by atoms with Crippen LogP contribution in [0.4, 0.5) is 5.13 Å². The number of rotatable bonds is 4. The number of hydrogen-bond acceptors (Lipinski definition) is 6. The Hall–Kier alpha value is -1.06. The van der Waals surface area contributed by atoms with Gasteiger partial charge in [-0.1, -0.05) is 35.1 Å². The third-order valence-corrected chi connectivity index (χ3v) is 3.07. The molecule has 0 radical (unpaired) electrons. The summed E-state index contributed by atoms with van der Waals surface area (Å²) in [7, 11) is 0. The first-order chi connectivity index (χ1) is 8.15. The molecule has 0 atom stereocenters. The molecule has 0 fully saturated rings. The summed E-state index contributed by atoms with van der Waals surface area (Å²) in [6.45, 7) is 0.527. The number of aromatic carboxylic acids is 1. The second kappa shape index (κ2) is 6.76. The summed E-state index contributed by atoms with van der Waals surface area (Å²) in [6, 6.07) is 7.31. The smallest absolute Gasteiger partial charge is 0.542 e. The number of benzene rings is 1. The fourth-order valence-corrected chi connectivity index (χ4v) is 1.86. The molecule has 18 heavy (non-hydrogen) atoms. The van der Waals surface area contributed by atoms with Crippen LogP contribution in [0.2, 0.25) is 5.02 Å². The van der Waals surface area contributed by atoms with Gasteiger partial charge in [-0.15, -0.1) is 10.2 Å². The predicted molar refractivity (Wildman–Crippen MR) is 63.0 cm³/mol. The summed E-state index contributed by atoms with van der Waals surface area (Å²) < 4.78 is 0. The van der Waals surface area contributed by atoms with Gasteiger partial charge in [0, 0.05) is 11.6 Å². The van der Waals surface area contributed by atoms with E-state index in [1.54, 1.807) is 12.1 Å². The van der Waals surface area contributed by atoms with Gasteiger partial charge in [-0.2, -0.15) is 0 Å². The molecule has 1 heterocycles. The average Bonchev–Trinajstić information content (AvgIpc) is 2.77. The molecule has 0 unspecified atom stereocenters. The molecular weight excluding hydrogens is 269 g/mol. The SMILES string of the molecule is O=C([O-])c1nnc(NCc2ccc(Cl)cc2)s1.[Li+]. The van der Waals surface area contributed by atoms with Crippen LogP contribution in [-0.4, -0.2) is 16.2 Å². The number of carbonyl (C=O) groups is 1. The fourth-order valence-electron chi connectivity index (χ4n) is 1.16. The van der Waals surface area contributed by atoms with Crippen molar-refractivity contribution >= 4 is 34.0 Å². The molecule has 0 aliphatic heterocycles. The van der Waals surface area contributed by atoms with E-state index in [1.807, 2.05) is 12.1 Å². The van der Waals surface area contributed by atoms with E-state index in [0.717, 1.165) is 16.9 Å². The molecule has 0 saturated carbocycles. The second-order valence-corrected chi connectivity index (χ2v) is 4.59. The number of carboxylic acids is 1. The Balaban J connectivity index is 0.00000162. The van der Waals surface area contributed by atoms with Crippen LogP contribution in [0.15, 0.2) is 24.3 Å². The predicted octanol–water partition coefficient (Wildman–Crippen LogP) is -1.83. The van der Waals surface area contributed by atoms with Crippen molar-refractivity contribution in [1.29, 1.82) is 0 Å². The van der Waals surface area contributed by atoms with Gasteiger partial charge in [-0.3, -0.25) is 0 Å².